The van der Waals surface area contributed by atoms with Crippen LogP contribution in [-0.2, 0) is 0 Å². The van der Waals surface area contributed by atoms with Gasteiger partial charge in [-0.3, -0.25) is 0 Å². The van der Waals surface area contributed by atoms with Gasteiger partial charge in [0.2, 0.25) is 0 Å². The minimum atomic E-state index is -3.72. The molecule has 2 amide bonds. The van der Waals surface area contributed by atoms with E-state index in [0.29, 0.717) is 12.3 Å². The van der Waals surface area contributed by atoms with Crippen molar-refractivity contribution in [3.63, 3.8) is 0 Å². The Kier molecular flexibility index (Phi) is 3.94. The van der Waals surface area contributed by atoms with Crippen LogP contribution in [0, 0.1) is 11.7 Å². The summed E-state index contributed by atoms with van der Waals surface area (Å²) in [5.41, 5.74) is 1.65. The molecule has 6 nitrogen and oxygen atoms in total. The molecule has 0 aromatic heterocycles. The van der Waals surface area contributed by atoms with Crippen LogP contribution in [0.2, 0.25) is 0 Å². The molecule has 0 aliphatic carbocycles. The third-order valence-corrected chi connectivity index (χ3v) is 4.17. The highest BCUT2D eigenvalue weighted by Gasteiger charge is 2.43. The van der Waals surface area contributed by atoms with E-state index in [1.54, 1.807) is 12.1 Å². The van der Waals surface area contributed by atoms with E-state index >= 15 is 0 Å². The van der Waals surface area contributed by atoms with Gasteiger partial charge in [-0.05, 0) is 29.8 Å². The van der Waals surface area contributed by atoms with Crippen molar-refractivity contribution in [2.75, 3.05) is 11.9 Å². The van der Waals surface area contributed by atoms with Crippen LogP contribution in [-0.4, -0.2) is 29.6 Å². The van der Waals surface area contributed by atoms with Crippen molar-refractivity contribution < 1.29 is 27.4 Å². The lowest BCUT2D eigenvalue weighted by molar-refractivity contribution is -0.286. The van der Waals surface area contributed by atoms with E-state index in [1.165, 1.54) is 35.3 Å². The largest absolute Gasteiger partial charge is 0.586 e. The van der Waals surface area contributed by atoms with Crippen LogP contribution in [0.15, 0.2) is 47.6 Å². The SMILES string of the molecule is CC1CN(C(=O)Nc2ccc3c(c2)OC(F)(F)O3)N=C1c1ccc(F)cc1. The van der Waals surface area contributed by atoms with E-state index < -0.39 is 12.3 Å². The molecule has 4 rings (SSSR count). The summed E-state index contributed by atoms with van der Waals surface area (Å²) in [6, 6.07) is 9.29. The third kappa shape index (κ3) is 3.40. The number of hydrazone groups is 1. The molecule has 0 fully saturated rings. The first-order valence-electron chi connectivity index (χ1n) is 8.13. The quantitative estimate of drug-likeness (QED) is 0.859. The lowest BCUT2D eigenvalue weighted by Crippen LogP contribution is -2.30. The zero-order valence-electron chi connectivity index (χ0n) is 14.1. The molecule has 2 aromatic rings. The molecule has 140 valence electrons. The molecular weight excluding hydrogens is 363 g/mol. The van der Waals surface area contributed by atoms with Gasteiger partial charge in [-0.2, -0.15) is 5.10 Å². The van der Waals surface area contributed by atoms with Gasteiger partial charge in [-0.25, -0.2) is 14.2 Å². The molecule has 0 bridgehead atoms. The summed E-state index contributed by atoms with van der Waals surface area (Å²) in [4.78, 5) is 12.4. The minimum absolute atomic E-state index is 0.0448. The average Bonchev–Trinajstić information content (AvgIpc) is 3.13. The summed E-state index contributed by atoms with van der Waals surface area (Å²) < 4.78 is 47.9. The van der Waals surface area contributed by atoms with Gasteiger partial charge in [0.25, 0.3) is 0 Å². The lowest BCUT2D eigenvalue weighted by atomic mass is 9.99. The predicted octanol–water partition coefficient (Wildman–Crippen LogP) is 4.04. The second-order valence-electron chi connectivity index (χ2n) is 6.23. The maximum absolute atomic E-state index is 13.1. The molecular formula is C18H14F3N3O3. The van der Waals surface area contributed by atoms with Gasteiger partial charge >= 0.3 is 12.3 Å². The van der Waals surface area contributed by atoms with Crippen molar-refractivity contribution in [2.45, 2.75) is 13.2 Å². The summed E-state index contributed by atoms with van der Waals surface area (Å²) in [6.07, 6.45) is -3.72. The second-order valence-corrected chi connectivity index (χ2v) is 6.23. The Hall–Kier alpha value is -3.23. The number of nitrogens with zero attached hydrogens (tertiary/aromatic N) is 2. The molecule has 1 N–H and O–H groups in total. The van der Waals surface area contributed by atoms with Crippen molar-refractivity contribution in [3.8, 4) is 11.5 Å². The molecule has 9 heteroatoms. The first kappa shape index (κ1) is 17.2. The molecule has 0 radical (unpaired) electrons. The Balaban J connectivity index is 1.49. The standard InChI is InChI=1S/C18H14F3N3O3/c1-10-9-24(23-16(10)11-2-4-12(19)5-3-11)17(25)22-13-6-7-14-15(8-13)27-18(20,21)26-14/h2-8,10H,9H2,1H3,(H,22,25). The maximum atomic E-state index is 13.1. The zero-order chi connectivity index (χ0) is 19.2. The highest BCUT2D eigenvalue weighted by Crippen LogP contribution is 2.42. The molecule has 0 spiro atoms. The number of fused-ring (bicyclic) bond motifs is 1. The summed E-state index contributed by atoms with van der Waals surface area (Å²) >= 11 is 0. The molecule has 2 aromatic carbocycles. The fourth-order valence-electron chi connectivity index (χ4n) is 2.92. The first-order valence-corrected chi connectivity index (χ1v) is 8.13. The van der Waals surface area contributed by atoms with Gasteiger partial charge in [-0.15, -0.1) is 8.78 Å². The van der Waals surface area contributed by atoms with Gasteiger partial charge in [0.05, 0.1) is 12.3 Å². The minimum Gasteiger partial charge on any atom is -0.395 e. The molecule has 2 heterocycles. The van der Waals surface area contributed by atoms with Crippen LogP contribution < -0.4 is 14.8 Å². The van der Waals surface area contributed by atoms with Crippen molar-refractivity contribution >= 4 is 17.4 Å². The van der Waals surface area contributed by atoms with Crippen molar-refractivity contribution in [2.24, 2.45) is 11.0 Å². The number of nitrogens with one attached hydrogen (secondary N) is 1. The Bertz CT molecular complexity index is 931. The topological polar surface area (TPSA) is 63.2 Å². The lowest BCUT2D eigenvalue weighted by Gasteiger charge is -2.13. The highest BCUT2D eigenvalue weighted by atomic mass is 19.3. The van der Waals surface area contributed by atoms with Crippen LogP contribution in [0.3, 0.4) is 0 Å². The molecule has 1 unspecified atom stereocenters. The van der Waals surface area contributed by atoms with Gasteiger partial charge in [-0.1, -0.05) is 19.1 Å². The zero-order valence-corrected chi connectivity index (χ0v) is 14.1. The number of alkyl halides is 2. The van der Waals surface area contributed by atoms with Crippen molar-refractivity contribution in [3.05, 3.63) is 53.8 Å². The van der Waals surface area contributed by atoms with Gasteiger partial charge < -0.3 is 14.8 Å². The smallest absolute Gasteiger partial charge is 0.395 e. The fourth-order valence-corrected chi connectivity index (χ4v) is 2.92. The maximum Gasteiger partial charge on any atom is 0.586 e. The number of hydrogen-bond donors (Lipinski definition) is 1. The number of carbonyl (C=O) groups excluding carboxylic acids is 1. The summed E-state index contributed by atoms with van der Waals surface area (Å²) in [7, 11) is 0. The molecule has 27 heavy (non-hydrogen) atoms. The average molecular weight is 377 g/mol. The summed E-state index contributed by atoms with van der Waals surface area (Å²) in [6.45, 7) is 2.24. The van der Waals surface area contributed by atoms with Crippen molar-refractivity contribution in [1.29, 1.82) is 0 Å². The van der Waals surface area contributed by atoms with Crippen LogP contribution in [0.4, 0.5) is 23.7 Å². The number of carbonyl (C=O) groups is 1. The summed E-state index contributed by atoms with van der Waals surface area (Å²) in [5, 5.41) is 8.12. The van der Waals surface area contributed by atoms with E-state index in [9.17, 15) is 18.0 Å². The van der Waals surface area contributed by atoms with E-state index in [-0.39, 0.29) is 28.9 Å². The number of amides is 2. The van der Waals surface area contributed by atoms with E-state index in [0.717, 1.165) is 5.56 Å². The molecule has 2 aliphatic heterocycles. The number of hydrogen-bond acceptors (Lipinski definition) is 4. The number of benzene rings is 2. The van der Waals surface area contributed by atoms with Crippen LogP contribution in [0.25, 0.3) is 0 Å². The number of rotatable bonds is 2. The number of anilines is 1. The van der Waals surface area contributed by atoms with Gasteiger partial charge in [0, 0.05) is 17.7 Å². The normalized spacial score (nSPS) is 19.8. The van der Waals surface area contributed by atoms with Crippen LogP contribution in [0.5, 0.6) is 11.5 Å². The molecule has 0 saturated carbocycles. The summed E-state index contributed by atoms with van der Waals surface area (Å²) in [5.74, 6) is -0.669. The Labute approximate surface area is 152 Å². The van der Waals surface area contributed by atoms with E-state index in [4.69, 9.17) is 0 Å². The van der Waals surface area contributed by atoms with Gasteiger partial charge in [0.15, 0.2) is 11.5 Å². The Morgan fingerprint density at radius 2 is 1.89 bits per heavy atom. The van der Waals surface area contributed by atoms with Gasteiger partial charge in [0.1, 0.15) is 5.82 Å². The molecule has 0 saturated heterocycles. The Morgan fingerprint density at radius 1 is 1.19 bits per heavy atom. The first-order chi connectivity index (χ1) is 12.8. The monoisotopic (exact) mass is 377 g/mol. The van der Waals surface area contributed by atoms with E-state index in [2.05, 4.69) is 19.9 Å². The molecule has 2 aliphatic rings. The van der Waals surface area contributed by atoms with E-state index in [1.807, 2.05) is 6.92 Å². The Morgan fingerprint density at radius 3 is 2.63 bits per heavy atom. The number of urea groups is 1. The number of halogens is 3. The van der Waals surface area contributed by atoms with Crippen LogP contribution >= 0.6 is 0 Å². The van der Waals surface area contributed by atoms with Crippen molar-refractivity contribution in [1.82, 2.24) is 5.01 Å². The number of ether oxygens (including phenoxy) is 2. The fraction of sp³-hybridized carbons (Fsp3) is 0.222. The second kappa shape index (κ2) is 6.19. The third-order valence-electron chi connectivity index (χ3n) is 4.17. The van der Waals surface area contributed by atoms with Crippen LogP contribution in [0.1, 0.15) is 12.5 Å². The molecule has 1 atom stereocenters. The predicted molar refractivity (Wildman–Crippen MR) is 90.5 cm³/mol. The highest BCUT2D eigenvalue weighted by molar-refractivity contribution is 6.04.